The minimum Gasteiger partial charge on any atom is -0.462 e. The Bertz CT molecular complexity index is 781. The Morgan fingerprint density at radius 3 is 2.49 bits per heavy atom. The molecule has 0 aromatic rings. The van der Waals surface area contributed by atoms with Crippen LogP contribution in [0.3, 0.4) is 0 Å². The van der Waals surface area contributed by atoms with Gasteiger partial charge < -0.3 is 20.7 Å². The van der Waals surface area contributed by atoms with Gasteiger partial charge in [-0.1, -0.05) is 40.7 Å². The van der Waals surface area contributed by atoms with Crippen molar-refractivity contribution in [2.75, 3.05) is 0 Å². The average Bonchev–Trinajstić information content (AvgIpc) is 3.16. The zero-order chi connectivity index (χ0) is 26.1. The molecule has 0 aromatic carbocycles. The number of hydrogen-bond acceptors (Lipinski definition) is 6. The molecule has 2 unspecified atom stereocenters. The number of carbonyl (C=O) groups is 2. The third kappa shape index (κ3) is 6.02. The molecule has 3 rings (SSSR count). The van der Waals surface area contributed by atoms with E-state index in [0.717, 1.165) is 25.7 Å². The summed E-state index contributed by atoms with van der Waals surface area (Å²) in [6.45, 7) is 14.5. The summed E-state index contributed by atoms with van der Waals surface area (Å²) in [6.07, 6.45) is 6.03. The van der Waals surface area contributed by atoms with Crippen molar-refractivity contribution in [3.63, 3.8) is 0 Å². The molecule has 0 saturated heterocycles. The fourth-order valence-corrected chi connectivity index (χ4v) is 6.99. The van der Waals surface area contributed by atoms with Gasteiger partial charge in [-0.15, -0.1) is 6.58 Å². The Balaban J connectivity index is 1.80. The molecule has 0 radical (unpaired) electrons. The number of esters is 1. The Morgan fingerprint density at radius 2 is 1.86 bits per heavy atom. The lowest BCUT2D eigenvalue weighted by molar-refractivity contribution is -0.165. The average molecular weight is 492 g/mol. The van der Waals surface area contributed by atoms with Gasteiger partial charge >= 0.3 is 5.97 Å². The molecule has 0 amide bonds. The predicted molar refractivity (Wildman–Crippen MR) is 137 cm³/mol. The van der Waals surface area contributed by atoms with Crippen LogP contribution < -0.4 is 5.73 Å². The van der Waals surface area contributed by atoms with E-state index in [4.69, 9.17) is 10.5 Å². The lowest BCUT2D eigenvalue weighted by Crippen LogP contribution is -2.49. The SMILES string of the molecule is C=C[C@]1(C)C[C@@H](OC(=O)CC[C@@H]2CC[C@@H](N)C[C@H]2O)C(C)(C)C(C)CC2C(=O)CC[C@@H]2[C@@H](C)[C@@H]1O. The zero-order valence-corrected chi connectivity index (χ0v) is 22.5. The molecule has 0 aromatic heterocycles. The lowest BCUT2D eigenvalue weighted by atomic mass is 9.61. The summed E-state index contributed by atoms with van der Waals surface area (Å²) in [5.74, 6) is 0.340. The molecular weight excluding hydrogens is 442 g/mol. The van der Waals surface area contributed by atoms with Gasteiger partial charge in [0, 0.05) is 35.6 Å². The first kappa shape index (κ1) is 28.3. The number of hydrogen-bond donors (Lipinski definition) is 3. The summed E-state index contributed by atoms with van der Waals surface area (Å²) >= 11 is 0. The summed E-state index contributed by atoms with van der Waals surface area (Å²) in [6, 6.07) is 0.0372. The molecule has 0 spiro atoms. The number of aliphatic hydroxyl groups excluding tert-OH is 2. The summed E-state index contributed by atoms with van der Waals surface area (Å²) < 4.78 is 6.19. The van der Waals surface area contributed by atoms with Crippen LogP contribution in [0, 0.1) is 40.4 Å². The quantitative estimate of drug-likeness (QED) is 0.388. The van der Waals surface area contributed by atoms with Crippen molar-refractivity contribution in [2.24, 2.45) is 46.2 Å². The molecule has 3 aliphatic carbocycles. The van der Waals surface area contributed by atoms with Crippen LogP contribution in [0.2, 0.25) is 0 Å². The van der Waals surface area contributed by atoms with Gasteiger partial charge in [-0.25, -0.2) is 0 Å². The number of aliphatic hydroxyl groups is 2. The topological polar surface area (TPSA) is 110 Å². The summed E-state index contributed by atoms with van der Waals surface area (Å²) in [7, 11) is 0. The van der Waals surface area contributed by atoms with Gasteiger partial charge in [0.05, 0.1) is 12.2 Å². The first-order valence-electron chi connectivity index (χ1n) is 13.8. The minimum absolute atomic E-state index is 0.0372. The summed E-state index contributed by atoms with van der Waals surface area (Å²) in [4.78, 5) is 25.9. The molecule has 0 bridgehead atoms. The summed E-state index contributed by atoms with van der Waals surface area (Å²) in [5.41, 5.74) is 4.93. The molecular formula is C29H49NO5. The molecule has 35 heavy (non-hydrogen) atoms. The highest BCUT2D eigenvalue weighted by molar-refractivity contribution is 5.83. The predicted octanol–water partition coefficient (Wildman–Crippen LogP) is 4.41. The van der Waals surface area contributed by atoms with Crippen LogP contribution in [0.4, 0.5) is 0 Å². The van der Waals surface area contributed by atoms with Gasteiger partial charge in [-0.3, -0.25) is 9.59 Å². The highest BCUT2D eigenvalue weighted by Gasteiger charge is 2.51. The molecule has 6 nitrogen and oxygen atoms in total. The smallest absolute Gasteiger partial charge is 0.306 e. The van der Waals surface area contributed by atoms with Crippen LogP contribution in [0.15, 0.2) is 12.7 Å². The van der Waals surface area contributed by atoms with Crippen LogP contribution in [0.25, 0.3) is 0 Å². The second-order valence-corrected chi connectivity index (χ2v) is 12.9. The van der Waals surface area contributed by atoms with Crippen molar-refractivity contribution in [1.29, 1.82) is 0 Å². The maximum absolute atomic E-state index is 13.1. The van der Waals surface area contributed by atoms with Crippen molar-refractivity contribution >= 4 is 11.8 Å². The van der Waals surface area contributed by atoms with E-state index in [1.54, 1.807) is 0 Å². The second kappa shape index (κ2) is 11.0. The van der Waals surface area contributed by atoms with Crippen molar-refractivity contribution < 1.29 is 24.5 Å². The summed E-state index contributed by atoms with van der Waals surface area (Å²) in [5, 5.41) is 21.9. The van der Waals surface area contributed by atoms with E-state index in [9.17, 15) is 19.8 Å². The fourth-order valence-electron chi connectivity index (χ4n) is 6.99. The molecule has 200 valence electrons. The van der Waals surface area contributed by atoms with Crippen LogP contribution in [0.5, 0.6) is 0 Å². The molecule has 10 atom stereocenters. The highest BCUT2D eigenvalue weighted by atomic mass is 16.5. The number of carbonyl (C=O) groups excluding carboxylic acids is 2. The molecule has 0 heterocycles. The molecule has 6 heteroatoms. The molecule has 3 fully saturated rings. The molecule has 3 saturated carbocycles. The van der Waals surface area contributed by atoms with E-state index < -0.39 is 23.7 Å². The Hall–Kier alpha value is -1.24. The largest absolute Gasteiger partial charge is 0.462 e. The zero-order valence-electron chi connectivity index (χ0n) is 22.5. The maximum atomic E-state index is 13.1. The van der Waals surface area contributed by atoms with Gasteiger partial charge in [0.25, 0.3) is 0 Å². The second-order valence-electron chi connectivity index (χ2n) is 12.9. The first-order valence-corrected chi connectivity index (χ1v) is 13.8. The normalized spacial score (nSPS) is 44.3. The van der Waals surface area contributed by atoms with Gasteiger partial charge in [0.2, 0.25) is 0 Å². The monoisotopic (exact) mass is 491 g/mol. The number of rotatable bonds is 5. The maximum Gasteiger partial charge on any atom is 0.306 e. The third-order valence-electron chi connectivity index (χ3n) is 10.3. The van der Waals surface area contributed by atoms with E-state index in [-0.39, 0.29) is 53.4 Å². The highest BCUT2D eigenvalue weighted by Crippen LogP contribution is 2.50. The van der Waals surface area contributed by atoms with E-state index >= 15 is 0 Å². The fraction of sp³-hybridized carbons (Fsp3) is 0.862. The Kier molecular flexibility index (Phi) is 8.92. The van der Waals surface area contributed by atoms with E-state index in [2.05, 4.69) is 34.3 Å². The number of fused-ring (bicyclic) bond motifs is 1. The van der Waals surface area contributed by atoms with Crippen molar-refractivity contribution in [3.05, 3.63) is 12.7 Å². The van der Waals surface area contributed by atoms with Gasteiger partial charge in [-0.05, 0) is 68.6 Å². The van der Waals surface area contributed by atoms with Gasteiger partial charge in [-0.2, -0.15) is 0 Å². The number of ketones is 1. The minimum atomic E-state index is -0.676. The van der Waals surface area contributed by atoms with Gasteiger partial charge in [0.15, 0.2) is 0 Å². The third-order valence-corrected chi connectivity index (χ3v) is 10.3. The number of nitrogens with two attached hydrogens (primary N) is 1. The standard InChI is InChI=1S/C29H49NO5/c1-7-29(6)16-25(35-26(33)13-9-19-8-10-20(30)15-24(19)32)28(4,5)17(2)14-22-21(11-12-23(22)31)18(3)27(29)34/h7,17-22,24-25,27,32,34H,1,8-16,30H2,2-6H3/t17?,18-,19+,20-,21-,22?,24-,25-,27+,29-/m1/s1. The van der Waals surface area contributed by atoms with Crippen LogP contribution >= 0.6 is 0 Å². The number of Topliss-reactive ketones (excluding diaryl/α,β-unsaturated/α-hetero) is 1. The molecule has 4 N–H and O–H groups in total. The van der Waals surface area contributed by atoms with Crippen molar-refractivity contribution in [2.45, 2.75) is 117 Å². The van der Waals surface area contributed by atoms with Crippen molar-refractivity contribution in [3.8, 4) is 0 Å². The van der Waals surface area contributed by atoms with E-state index in [0.29, 0.717) is 31.5 Å². The van der Waals surface area contributed by atoms with E-state index in [1.165, 1.54) is 0 Å². The van der Waals surface area contributed by atoms with Crippen LogP contribution in [0.1, 0.15) is 92.4 Å². The lowest BCUT2D eigenvalue weighted by Gasteiger charge is -2.48. The van der Waals surface area contributed by atoms with Crippen molar-refractivity contribution in [1.82, 2.24) is 0 Å². The Labute approximate surface area is 212 Å². The Morgan fingerprint density at radius 1 is 1.17 bits per heavy atom. The van der Waals surface area contributed by atoms with Crippen LogP contribution in [-0.4, -0.2) is 46.3 Å². The first-order chi connectivity index (χ1) is 16.3. The van der Waals surface area contributed by atoms with Crippen LogP contribution in [-0.2, 0) is 14.3 Å². The van der Waals surface area contributed by atoms with E-state index in [1.807, 2.05) is 13.0 Å². The molecule has 0 aliphatic heterocycles. The number of ether oxygens (including phenoxy) is 1. The van der Waals surface area contributed by atoms with Gasteiger partial charge in [0.1, 0.15) is 11.9 Å². The molecule has 3 aliphatic rings.